The number of hydrogen-bond donors (Lipinski definition) is 1. The summed E-state index contributed by atoms with van der Waals surface area (Å²) in [5.41, 5.74) is 4.24. The number of aliphatic hydroxyl groups is 1. The second-order valence-electron chi connectivity index (χ2n) is 8.81. The van der Waals surface area contributed by atoms with E-state index in [0.717, 1.165) is 42.5 Å². The molecule has 2 heterocycles. The van der Waals surface area contributed by atoms with Gasteiger partial charge in [-0.2, -0.15) is 0 Å². The van der Waals surface area contributed by atoms with Gasteiger partial charge < -0.3 is 14.2 Å². The van der Waals surface area contributed by atoms with E-state index in [9.17, 15) is 18.3 Å². The van der Waals surface area contributed by atoms with E-state index in [1.165, 1.54) is 30.5 Å². The molecule has 0 amide bonds. The fraction of sp³-hybridized carbons (Fsp3) is 0.458. The summed E-state index contributed by atoms with van der Waals surface area (Å²) in [7, 11) is 0. The summed E-state index contributed by atoms with van der Waals surface area (Å²) in [6.07, 6.45) is 4.28. The Morgan fingerprint density at radius 1 is 0.935 bits per heavy atom. The number of halogens is 3. The normalized spacial score (nSPS) is 23.1. The molecule has 2 aromatic heterocycles. The van der Waals surface area contributed by atoms with Gasteiger partial charge in [0.05, 0.1) is 29.8 Å². The summed E-state index contributed by atoms with van der Waals surface area (Å²) < 4.78 is 43.1. The minimum atomic E-state index is -4.67. The van der Waals surface area contributed by atoms with Gasteiger partial charge in [0, 0.05) is 0 Å². The number of aliphatic hydroxyl groups excluding tert-OH is 1. The van der Waals surface area contributed by atoms with Crippen molar-refractivity contribution in [1.29, 1.82) is 0 Å². The first-order valence-electron chi connectivity index (χ1n) is 10.9. The van der Waals surface area contributed by atoms with Gasteiger partial charge in [-0.15, -0.1) is 13.2 Å². The van der Waals surface area contributed by atoms with Gasteiger partial charge in [-0.25, -0.2) is 4.98 Å². The van der Waals surface area contributed by atoms with Crippen LogP contribution in [0, 0.1) is 5.92 Å². The number of nitrogens with zero attached hydrogens (tertiary/aromatic N) is 2. The van der Waals surface area contributed by atoms with Crippen molar-refractivity contribution in [2.45, 2.75) is 62.8 Å². The maximum absolute atomic E-state index is 12.4. The van der Waals surface area contributed by atoms with Crippen LogP contribution < -0.4 is 4.74 Å². The van der Waals surface area contributed by atoms with Crippen LogP contribution in [-0.4, -0.2) is 20.9 Å². The second-order valence-corrected chi connectivity index (χ2v) is 8.81. The lowest BCUT2D eigenvalue weighted by atomic mass is 9.75. The van der Waals surface area contributed by atoms with Gasteiger partial charge >= 0.3 is 6.36 Å². The largest absolute Gasteiger partial charge is 0.573 e. The molecular formula is C24H25F3N2O2. The number of hydrogen-bond acceptors (Lipinski definition) is 3. The molecule has 31 heavy (non-hydrogen) atoms. The lowest BCUT2D eigenvalue weighted by Crippen LogP contribution is -2.22. The average Bonchev–Trinajstić information content (AvgIpc) is 3.48. The SMILES string of the molecule is O[C@H](c1c(C2CC2)ccc2cncn12)[C@H]1CC[C@H](c2ccc(OC(F)(F)F)cc2)CC1. The molecule has 1 aromatic carbocycles. The summed E-state index contributed by atoms with van der Waals surface area (Å²) in [6, 6.07) is 10.4. The Hall–Kier alpha value is -2.54. The molecule has 3 aromatic rings. The molecule has 7 heteroatoms. The molecule has 0 radical (unpaired) electrons. The van der Waals surface area contributed by atoms with Crippen LogP contribution in [0.25, 0.3) is 5.52 Å². The molecule has 2 saturated carbocycles. The van der Waals surface area contributed by atoms with E-state index < -0.39 is 12.5 Å². The molecule has 4 nitrogen and oxygen atoms in total. The van der Waals surface area contributed by atoms with E-state index in [1.54, 1.807) is 18.5 Å². The van der Waals surface area contributed by atoms with Crippen molar-refractivity contribution < 1.29 is 23.0 Å². The zero-order chi connectivity index (χ0) is 21.6. The van der Waals surface area contributed by atoms with Gasteiger partial charge in [-0.05, 0) is 85.6 Å². The molecule has 5 rings (SSSR count). The van der Waals surface area contributed by atoms with Crippen molar-refractivity contribution in [3.8, 4) is 5.75 Å². The monoisotopic (exact) mass is 430 g/mol. The molecule has 0 unspecified atom stereocenters. The highest BCUT2D eigenvalue weighted by Gasteiger charge is 2.35. The third kappa shape index (κ3) is 4.28. The molecule has 2 aliphatic carbocycles. The van der Waals surface area contributed by atoms with E-state index in [0.29, 0.717) is 5.92 Å². The predicted molar refractivity (Wildman–Crippen MR) is 110 cm³/mol. The number of rotatable bonds is 5. The smallest absolute Gasteiger partial charge is 0.406 e. The fourth-order valence-corrected chi connectivity index (χ4v) is 5.02. The Labute approximate surface area is 178 Å². The Kier molecular flexibility index (Phi) is 5.16. The number of pyridine rings is 1. The van der Waals surface area contributed by atoms with E-state index in [4.69, 9.17) is 0 Å². The van der Waals surface area contributed by atoms with Crippen LogP contribution in [0.3, 0.4) is 0 Å². The van der Waals surface area contributed by atoms with Crippen LogP contribution in [-0.2, 0) is 0 Å². The number of imidazole rings is 1. The molecule has 2 aliphatic rings. The maximum atomic E-state index is 12.4. The second kappa shape index (κ2) is 7.86. The van der Waals surface area contributed by atoms with Crippen molar-refractivity contribution in [2.75, 3.05) is 0 Å². The molecule has 0 bridgehead atoms. The van der Waals surface area contributed by atoms with Crippen molar-refractivity contribution >= 4 is 5.52 Å². The van der Waals surface area contributed by atoms with Crippen LogP contribution in [0.1, 0.15) is 73.3 Å². The molecule has 0 aliphatic heterocycles. The van der Waals surface area contributed by atoms with Crippen LogP contribution in [0.5, 0.6) is 5.75 Å². The molecule has 1 N–H and O–H groups in total. The van der Waals surface area contributed by atoms with Gasteiger partial charge in [0.15, 0.2) is 0 Å². The van der Waals surface area contributed by atoms with Crippen LogP contribution in [0.4, 0.5) is 13.2 Å². The lowest BCUT2D eigenvalue weighted by molar-refractivity contribution is -0.274. The van der Waals surface area contributed by atoms with Gasteiger partial charge in [0.2, 0.25) is 0 Å². The zero-order valence-electron chi connectivity index (χ0n) is 17.1. The minimum Gasteiger partial charge on any atom is -0.406 e. The van der Waals surface area contributed by atoms with Crippen LogP contribution >= 0.6 is 0 Å². The molecule has 164 valence electrons. The van der Waals surface area contributed by atoms with Gasteiger partial charge in [0.1, 0.15) is 5.75 Å². The topological polar surface area (TPSA) is 46.8 Å². The van der Waals surface area contributed by atoms with E-state index in [2.05, 4.69) is 21.9 Å². The van der Waals surface area contributed by atoms with Crippen molar-refractivity contribution in [3.63, 3.8) is 0 Å². The number of ether oxygens (including phenoxy) is 1. The quantitative estimate of drug-likeness (QED) is 0.531. The highest BCUT2D eigenvalue weighted by molar-refractivity contribution is 5.50. The summed E-state index contributed by atoms with van der Waals surface area (Å²) in [4.78, 5) is 4.26. The van der Waals surface area contributed by atoms with Crippen molar-refractivity contribution in [2.24, 2.45) is 5.92 Å². The fourth-order valence-electron chi connectivity index (χ4n) is 5.02. The van der Waals surface area contributed by atoms with E-state index >= 15 is 0 Å². The van der Waals surface area contributed by atoms with Crippen LogP contribution in [0.2, 0.25) is 0 Å². The molecule has 0 saturated heterocycles. The third-order valence-corrected chi connectivity index (χ3v) is 6.76. The standard InChI is InChI=1S/C24H25F3N2O2/c25-24(26,27)31-20-10-7-16(8-11-20)15-1-5-18(6-2-15)23(30)22-21(17-3-4-17)12-9-19-13-28-14-29(19)22/h7-15,17-18,23,30H,1-6H2/t15-,18-,23-/m0/s1. The highest BCUT2D eigenvalue weighted by Crippen LogP contribution is 2.47. The average molecular weight is 430 g/mol. The van der Waals surface area contributed by atoms with E-state index in [-0.39, 0.29) is 17.6 Å². The molecule has 2 fully saturated rings. The first-order chi connectivity index (χ1) is 14.9. The summed E-state index contributed by atoms with van der Waals surface area (Å²) >= 11 is 0. The minimum absolute atomic E-state index is 0.162. The molecular weight excluding hydrogens is 405 g/mol. The zero-order valence-corrected chi connectivity index (χ0v) is 17.1. The first-order valence-corrected chi connectivity index (χ1v) is 10.9. The van der Waals surface area contributed by atoms with Gasteiger partial charge in [-0.3, -0.25) is 0 Å². The van der Waals surface area contributed by atoms with Crippen molar-refractivity contribution in [3.05, 3.63) is 65.7 Å². The number of benzene rings is 1. The number of fused-ring (bicyclic) bond motifs is 1. The van der Waals surface area contributed by atoms with E-state index in [1.807, 2.05) is 10.6 Å². The number of alkyl halides is 3. The van der Waals surface area contributed by atoms with Gasteiger partial charge in [0.25, 0.3) is 0 Å². The Morgan fingerprint density at radius 2 is 1.61 bits per heavy atom. The van der Waals surface area contributed by atoms with Gasteiger partial charge in [-0.1, -0.05) is 18.2 Å². The van der Waals surface area contributed by atoms with Crippen LogP contribution in [0.15, 0.2) is 48.9 Å². The number of aromatic nitrogens is 2. The Morgan fingerprint density at radius 3 is 2.26 bits per heavy atom. The molecule has 0 spiro atoms. The molecule has 1 atom stereocenters. The third-order valence-electron chi connectivity index (χ3n) is 6.76. The summed E-state index contributed by atoms with van der Waals surface area (Å²) in [5.74, 6) is 0.788. The summed E-state index contributed by atoms with van der Waals surface area (Å²) in [5, 5.41) is 11.3. The Balaban J connectivity index is 1.28. The summed E-state index contributed by atoms with van der Waals surface area (Å²) in [6.45, 7) is 0. The maximum Gasteiger partial charge on any atom is 0.573 e. The first kappa shape index (κ1) is 20.4. The Bertz CT molecular complexity index is 1050. The highest BCUT2D eigenvalue weighted by atomic mass is 19.4. The van der Waals surface area contributed by atoms with Crippen molar-refractivity contribution in [1.82, 2.24) is 9.38 Å². The lowest BCUT2D eigenvalue weighted by Gasteiger charge is -2.33. The predicted octanol–water partition coefficient (Wildman–Crippen LogP) is 6.12.